The molecule has 0 spiro atoms. The molecule has 0 aromatic heterocycles. The molecule has 0 unspecified atom stereocenters. The highest BCUT2D eigenvalue weighted by molar-refractivity contribution is 6.32. The second-order valence-electron chi connectivity index (χ2n) is 5.18. The van der Waals surface area contributed by atoms with Crippen LogP contribution in [-0.2, 0) is 9.53 Å². The van der Waals surface area contributed by atoms with E-state index in [9.17, 15) is 9.90 Å². The maximum absolute atomic E-state index is 12.0. The number of carbonyl (C=O) groups excluding carboxylic acids is 1. The van der Waals surface area contributed by atoms with Crippen molar-refractivity contribution in [1.82, 2.24) is 5.32 Å². The fourth-order valence-electron chi connectivity index (χ4n) is 1.94. The first-order valence-electron chi connectivity index (χ1n) is 6.46. The molecule has 1 amide bonds. The van der Waals surface area contributed by atoms with Gasteiger partial charge in [0.15, 0.2) is 0 Å². The highest BCUT2D eigenvalue weighted by atomic mass is 35.5. The van der Waals surface area contributed by atoms with E-state index >= 15 is 0 Å². The number of rotatable bonds is 5. The molecule has 1 saturated heterocycles. The Morgan fingerprint density at radius 3 is 2.75 bits per heavy atom. The Kier molecular flexibility index (Phi) is 4.81. The van der Waals surface area contributed by atoms with Crippen LogP contribution in [0.2, 0.25) is 5.02 Å². The number of nitrogens with one attached hydrogen (secondary N) is 1. The molecule has 4 nitrogen and oxygen atoms in total. The number of benzene rings is 1. The van der Waals surface area contributed by atoms with Crippen LogP contribution in [0.25, 0.3) is 6.08 Å². The van der Waals surface area contributed by atoms with Crippen LogP contribution in [0.3, 0.4) is 0 Å². The summed E-state index contributed by atoms with van der Waals surface area (Å²) in [5.41, 5.74) is 1.07. The average Bonchev–Trinajstić information content (AvgIpc) is 2.40. The van der Waals surface area contributed by atoms with Gasteiger partial charge >= 0.3 is 0 Å². The number of amides is 1. The first-order chi connectivity index (χ1) is 9.56. The van der Waals surface area contributed by atoms with E-state index < -0.39 is 0 Å². The van der Waals surface area contributed by atoms with Gasteiger partial charge in [0.25, 0.3) is 0 Å². The van der Waals surface area contributed by atoms with Crippen LogP contribution in [0.1, 0.15) is 12.5 Å². The van der Waals surface area contributed by atoms with Crippen molar-refractivity contribution in [3.8, 4) is 0 Å². The summed E-state index contributed by atoms with van der Waals surface area (Å²) >= 11 is 6.05. The molecular weight excluding hydrogens is 278 g/mol. The molecule has 2 N–H and O–H groups in total. The molecule has 5 heteroatoms. The number of halogens is 1. The van der Waals surface area contributed by atoms with Crippen molar-refractivity contribution in [2.75, 3.05) is 26.4 Å². The number of hydrogen-bond acceptors (Lipinski definition) is 3. The van der Waals surface area contributed by atoms with Crippen molar-refractivity contribution >= 4 is 23.6 Å². The van der Waals surface area contributed by atoms with Gasteiger partial charge in [-0.25, -0.2) is 0 Å². The molecule has 20 heavy (non-hydrogen) atoms. The Hall–Kier alpha value is -1.36. The lowest BCUT2D eigenvalue weighted by Crippen LogP contribution is -2.53. The van der Waals surface area contributed by atoms with Crippen molar-refractivity contribution in [3.05, 3.63) is 40.4 Å². The zero-order valence-electron chi connectivity index (χ0n) is 11.4. The van der Waals surface area contributed by atoms with E-state index in [0.717, 1.165) is 5.56 Å². The second kappa shape index (κ2) is 6.39. The third-order valence-corrected chi connectivity index (χ3v) is 3.76. The summed E-state index contributed by atoms with van der Waals surface area (Å²) in [7, 11) is 0. The van der Waals surface area contributed by atoms with Crippen LogP contribution >= 0.6 is 11.6 Å². The molecule has 2 rings (SSSR count). The monoisotopic (exact) mass is 295 g/mol. The largest absolute Gasteiger partial charge is 0.396 e. The van der Waals surface area contributed by atoms with Crippen molar-refractivity contribution in [2.24, 2.45) is 5.41 Å². The van der Waals surface area contributed by atoms with Crippen LogP contribution in [-0.4, -0.2) is 37.4 Å². The lowest BCUT2D eigenvalue weighted by Gasteiger charge is -2.39. The molecule has 1 fully saturated rings. The summed E-state index contributed by atoms with van der Waals surface area (Å²) < 4.78 is 5.09. The number of aliphatic hydroxyl groups excluding tert-OH is 1. The number of aliphatic hydroxyl groups is 1. The highest BCUT2D eigenvalue weighted by Crippen LogP contribution is 2.25. The minimum absolute atomic E-state index is 0.0144. The lowest BCUT2D eigenvalue weighted by molar-refractivity contribution is -0.139. The molecule has 0 saturated carbocycles. The predicted molar refractivity (Wildman–Crippen MR) is 78.5 cm³/mol. The molecule has 1 aliphatic heterocycles. The van der Waals surface area contributed by atoms with Crippen molar-refractivity contribution in [1.29, 1.82) is 0 Å². The van der Waals surface area contributed by atoms with E-state index in [2.05, 4.69) is 5.32 Å². The van der Waals surface area contributed by atoms with Gasteiger partial charge in [0, 0.05) is 17.1 Å². The van der Waals surface area contributed by atoms with E-state index in [-0.39, 0.29) is 17.9 Å². The smallest absolute Gasteiger partial charge is 0.246 e. The van der Waals surface area contributed by atoms with Gasteiger partial charge in [-0.2, -0.15) is 0 Å². The molecule has 0 atom stereocenters. The maximum Gasteiger partial charge on any atom is 0.246 e. The number of hydrogen-bond donors (Lipinski definition) is 2. The van der Waals surface area contributed by atoms with Gasteiger partial charge in [-0.1, -0.05) is 29.8 Å². The summed E-state index contributed by atoms with van der Waals surface area (Å²) in [4.78, 5) is 12.0. The Morgan fingerprint density at radius 1 is 1.50 bits per heavy atom. The van der Waals surface area contributed by atoms with Crippen molar-refractivity contribution < 1.29 is 14.6 Å². The fraction of sp³-hybridized carbons (Fsp3) is 0.400. The van der Waals surface area contributed by atoms with Gasteiger partial charge in [-0.3, -0.25) is 4.79 Å². The number of ether oxygens (including phenoxy) is 1. The molecule has 1 aliphatic rings. The summed E-state index contributed by atoms with van der Waals surface area (Å²) in [6, 6.07) is 7.35. The molecule has 108 valence electrons. The molecule has 0 radical (unpaired) electrons. The standard InChI is InChI=1S/C15H18ClNO3/c1-11(6-12-4-2-3-5-13(12)16)14(19)17-7-15(8-18)9-20-10-15/h2-6,18H,7-10H2,1H3,(H,17,19)/b11-6-. The Bertz CT molecular complexity index is 518. The molecular formula is C15H18ClNO3. The Balaban J connectivity index is 1.97. The summed E-state index contributed by atoms with van der Waals surface area (Å²) in [6.45, 7) is 3.13. The molecule has 1 heterocycles. The van der Waals surface area contributed by atoms with Crippen LogP contribution < -0.4 is 5.32 Å². The van der Waals surface area contributed by atoms with E-state index in [1.165, 1.54) is 0 Å². The van der Waals surface area contributed by atoms with Crippen molar-refractivity contribution in [2.45, 2.75) is 6.92 Å². The van der Waals surface area contributed by atoms with Crippen LogP contribution in [0.4, 0.5) is 0 Å². The summed E-state index contributed by atoms with van der Waals surface area (Å²) in [5.74, 6) is -0.162. The van der Waals surface area contributed by atoms with Crippen LogP contribution in [0.15, 0.2) is 29.8 Å². The minimum Gasteiger partial charge on any atom is -0.396 e. The van der Waals surface area contributed by atoms with Crippen molar-refractivity contribution in [3.63, 3.8) is 0 Å². The summed E-state index contributed by atoms with van der Waals surface area (Å²) in [6.07, 6.45) is 1.75. The fourth-order valence-corrected chi connectivity index (χ4v) is 2.13. The molecule has 1 aromatic carbocycles. The normalized spacial score (nSPS) is 17.4. The third-order valence-electron chi connectivity index (χ3n) is 3.41. The zero-order chi connectivity index (χ0) is 14.6. The van der Waals surface area contributed by atoms with Crippen LogP contribution in [0, 0.1) is 5.41 Å². The first kappa shape index (κ1) is 15.0. The lowest BCUT2D eigenvalue weighted by atomic mass is 9.87. The Morgan fingerprint density at radius 2 is 2.20 bits per heavy atom. The quantitative estimate of drug-likeness (QED) is 0.815. The van der Waals surface area contributed by atoms with Gasteiger partial charge in [0.2, 0.25) is 5.91 Å². The number of carbonyl (C=O) groups is 1. The third kappa shape index (κ3) is 3.39. The topological polar surface area (TPSA) is 58.6 Å². The average molecular weight is 296 g/mol. The Labute approximate surface area is 123 Å². The van der Waals surface area contributed by atoms with E-state index in [1.807, 2.05) is 18.2 Å². The van der Waals surface area contributed by atoms with E-state index in [4.69, 9.17) is 16.3 Å². The molecule has 0 aliphatic carbocycles. The summed E-state index contributed by atoms with van der Waals surface area (Å²) in [5, 5.41) is 12.7. The molecule has 0 bridgehead atoms. The van der Waals surface area contributed by atoms with E-state index in [0.29, 0.717) is 30.4 Å². The van der Waals surface area contributed by atoms with E-state index in [1.54, 1.807) is 19.1 Å². The van der Waals surface area contributed by atoms with Gasteiger partial charge in [-0.05, 0) is 24.6 Å². The zero-order valence-corrected chi connectivity index (χ0v) is 12.1. The maximum atomic E-state index is 12.0. The molecule has 1 aromatic rings. The highest BCUT2D eigenvalue weighted by Gasteiger charge is 2.38. The van der Waals surface area contributed by atoms with Gasteiger partial charge < -0.3 is 15.2 Å². The minimum atomic E-state index is -0.319. The second-order valence-corrected chi connectivity index (χ2v) is 5.59. The first-order valence-corrected chi connectivity index (χ1v) is 6.84. The van der Waals surface area contributed by atoms with Gasteiger partial charge in [-0.15, -0.1) is 0 Å². The SMILES string of the molecule is C/C(=C/c1ccccc1Cl)C(=O)NCC1(CO)COC1. The van der Waals surface area contributed by atoms with Gasteiger partial charge in [0.05, 0.1) is 25.2 Å². The van der Waals surface area contributed by atoms with Gasteiger partial charge in [0.1, 0.15) is 0 Å². The predicted octanol–water partition coefficient (Wildman–Crippen LogP) is 1.87. The van der Waals surface area contributed by atoms with Crippen LogP contribution in [0.5, 0.6) is 0 Å².